The zero-order chi connectivity index (χ0) is 21.4. The van der Waals surface area contributed by atoms with Crippen LogP contribution in [-0.2, 0) is 13.6 Å². The molecular formula is C20H23BrN6O3. The summed E-state index contributed by atoms with van der Waals surface area (Å²) in [5, 5.41) is 0. The largest absolute Gasteiger partial charge is 0.340 e. The standard InChI is InChI=1S/C20H23BrN6O3/c1-3-25-8-10-26(11-9-25)19-22-17-16(18(29)23-20(30)24(17)2)27(19)12-15(28)13-4-6-14(21)7-5-13/h4-7H,3,8-12H2,1-2H3,(H,23,29,30). The van der Waals surface area contributed by atoms with E-state index in [0.29, 0.717) is 11.5 Å². The summed E-state index contributed by atoms with van der Waals surface area (Å²) >= 11 is 3.37. The number of nitrogens with zero attached hydrogens (tertiary/aromatic N) is 5. The number of aromatic nitrogens is 4. The lowest BCUT2D eigenvalue weighted by Gasteiger charge is -2.34. The monoisotopic (exact) mass is 474 g/mol. The van der Waals surface area contributed by atoms with E-state index in [1.54, 1.807) is 35.9 Å². The van der Waals surface area contributed by atoms with Crippen LogP contribution in [0.2, 0.25) is 0 Å². The lowest BCUT2D eigenvalue weighted by atomic mass is 10.1. The van der Waals surface area contributed by atoms with Gasteiger partial charge >= 0.3 is 5.69 Å². The third-order valence-electron chi connectivity index (χ3n) is 5.56. The number of Topliss-reactive ketones (excluding diaryl/α,β-unsaturated/α-hetero) is 1. The minimum atomic E-state index is -0.539. The fraction of sp³-hybridized carbons (Fsp3) is 0.400. The molecule has 3 aromatic rings. The average molecular weight is 475 g/mol. The van der Waals surface area contributed by atoms with Crippen molar-refractivity contribution in [2.45, 2.75) is 13.5 Å². The van der Waals surface area contributed by atoms with Gasteiger partial charge in [0, 0.05) is 43.3 Å². The first kappa shape index (κ1) is 20.5. The number of aryl methyl sites for hydroxylation is 1. The van der Waals surface area contributed by atoms with Gasteiger partial charge in [0.25, 0.3) is 5.56 Å². The normalized spacial score (nSPS) is 15.1. The Balaban J connectivity index is 1.80. The van der Waals surface area contributed by atoms with Crippen molar-refractivity contribution in [3.8, 4) is 0 Å². The maximum absolute atomic E-state index is 13.0. The predicted octanol–water partition coefficient (Wildman–Crippen LogP) is 1.21. The Hall–Kier alpha value is -2.72. The molecule has 10 heteroatoms. The topological polar surface area (TPSA) is 96.2 Å². The van der Waals surface area contributed by atoms with Gasteiger partial charge in [0.05, 0.1) is 6.54 Å². The van der Waals surface area contributed by atoms with Crippen molar-refractivity contribution in [3.63, 3.8) is 0 Å². The number of imidazole rings is 1. The number of rotatable bonds is 5. The second kappa shape index (κ2) is 8.19. The van der Waals surface area contributed by atoms with Gasteiger partial charge in [0.1, 0.15) is 0 Å². The second-order valence-electron chi connectivity index (χ2n) is 7.34. The molecule has 0 saturated carbocycles. The fourth-order valence-electron chi connectivity index (χ4n) is 3.75. The third kappa shape index (κ3) is 3.72. The van der Waals surface area contributed by atoms with Crippen LogP contribution in [0.1, 0.15) is 17.3 Å². The van der Waals surface area contributed by atoms with Gasteiger partial charge in [-0.05, 0) is 18.7 Å². The van der Waals surface area contributed by atoms with Crippen LogP contribution >= 0.6 is 15.9 Å². The number of carbonyl (C=O) groups excluding carboxylic acids is 1. The molecule has 1 aliphatic heterocycles. The van der Waals surface area contributed by atoms with Gasteiger partial charge < -0.3 is 9.80 Å². The second-order valence-corrected chi connectivity index (χ2v) is 8.26. The van der Waals surface area contributed by atoms with E-state index >= 15 is 0 Å². The van der Waals surface area contributed by atoms with Gasteiger partial charge in [-0.1, -0.05) is 35.0 Å². The first-order chi connectivity index (χ1) is 14.4. The van der Waals surface area contributed by atoms with Crippen molar-refractivity contribution in [3.05, 3.63) is 55.1 Å². The first-order valence-electron chi connectivity index (χ1n) is 9.84. The lowest BCUT2D eigenvalue weighted by Crippen LogP contribution is -2.47. The maximum atomic E-state index is 13.0. The number of nitrogens with one attached hydrogen (secondary N) is 1. The molecule has 158 valence electrons. The van der Waals surface area contributed by atoms with Gasteiger partial charge in [0.15, 0.2) is 16.9 Å². The zero-order valence-electron chi connectivity index (χ0n) is 16.9. The summed E-state index contributed by atoms with van der Waals surface area (Å²) in [6.07, 6.45) is 0. The van der Waals surface area contributed by atoms with Crippen molar-refractivity contribution in [1.29, 1.82) is 0 Å². The van der Waals surface area contributed by atoms with Crippen LogP contribution in [0, 0.1) is 0 Å². The molecule has 0 unspecified atom stereocenters. The summed E-state index contributed by atoms with van der Waals surface area (Å²) in [6.45, 7) is 6.26. The van der Waals surface area contributed by atoms with Crippen LogP contribution in [0.5, 0.6) is 0 Å². The number of fused-ring (bicyclic) bond motifs is 1. The molecule has 1 saturated heterocycles. The molecule has 0 aliphatic carbocycles. The Morgan fingerprint density at radius 2 is 1.80 bits per heavy atom. The van der Waals surface area contributed by atoms with Gasteiger partial charge in [-0.25, -0.2) is 4.79 Å². The highest BCUT2D eigenvalue weighted by molar-refractivity contribution is 9.10. The highest BCUT2D eigenvalue weighted by Gasteiger charge is 2.25. The maximum Gasteiger partial charge on any atom is 0.329 e. The van der Waals surface area contributed by atoms with Crippen molar-refractivity contribution < 1.29 is 4.79 Å². The van der Waals surface area contributed by atoms with Crippen molar-refractivity contribution >= 4 is 38.8 Å². The van der Waals surface area contributed by atoms with E-state index in [1.165, 1.54) is 4.57 Å². The summed E-state index contributed by atoms with van der Waals surface area (Å²) < 4.78 is 3.83. The number of piperazine rings is 1. The molecule has 9 nitrogen and oxygen atoms in total. The summed E-state index contributed by atoms with van der Waals surface area (Å²) in [5.41, 5.74) is -0.0137. The number of carbonyl (C=O) groups is 1. The summed E-state index contributed by atoms with van der Waals surface area (Å²) in [6, 6.07) is 7.09. The lowest BCUT2D eigenvalue weighted by molar-refractivity contribution is 0.0973. The molecule has 0 bridgehead atoms. The Kier molecular flexibility index (Phi) is 5.61. The summed E-state index contributed by atoms with van der Waals surface area (Å²) in [7, 11) is 1.56. The van der Waals surface area contributed by atoms with E-state index in [4.69, 9.17) is 0 Å². The third-order valence-corrected chi connectivity index (χ3v) is 6.09. The minimum absolute atomic E-state index is 0.0389. The van der Waals surface area contributed by atoms with Crippen molar-refractivity contribution in [2.24, 2.45) is 7.05 Å². The van der Waals surface area contributed by atoms with Crippen LogP contribution in [0.15, 0.2) is 38.3 Å². The number of anilines is 1. The van der Waals surface area contributed by atoms with Crippen LogP contribution < -0.4 is 16.1 Å². The molecule has 0 atom stereocenters. The Morgan fingerprint density at radius 3 is 2.43 bits per heavy atom. The highest BCUT2D eigenvalue weighted by Crippen LogP contribution is 2.22. The summed E-state index contributed by atoms with van der Waals surface area (Å²) in [5.74, 6) is 0.404. The highest BCUT2D eigenvalue weighted by atomic mass is 79.9. The van der Waals surface area contributed by atoms with Gasteiger partial charge in [-0.15, -0.1) is 0 Å². The molecule has 0 radical (unpaired) electrons. The molecule has 4 rings (SSSR count). The zero-order valence-corrected chi connectivity index (χ0v) is 18.5. The number of hydrogen-bond acceptors (Lipinski definition) is 6. The van der Waals surface area contributed by atoms with Crippen molar-refractivity contribution in [1.82, 2.24) is 24.0 Å². The molecule has 1 aliphatic rings. The molecule has 30 heavy (non-hydrogen) atoms. The van der Waals surface area contributed by atoms with Crippen LogP contribution in [0.25, 0.3) is 11.2 Å². The predicted molar refractivity (Wildman–Crippen MR) is 118 cm³/mol. The Labute approximate surface area is 181 Å². The van der Waals surface area contributed by atoms with E-state index in [-0.39, 0.29) is 23.5 Å². The van der Waals surface area contributed by atoms with Crippen LogP contribution in [0.3, 0.4) is 0 Å². The number of benzene rings is 1. The Morgan fingerprint density at radius 1 is 1.13 bits per heavy atom. The molecular weight excluding hydrogens is 452 g/mol. The number of ketones is 1. The van der Waals surface area contributed by atoms with Gasteiger partial charge in [-0.3, -0.25) is 23.7 Å². The molecule has 2 aromatic heterocycles. The van der Waals surface area contributed by atoms with E-state index in [2.05, 4.69) is 42.6 Å². The molecule has 1 fully saturated rings. The minimum Gasteiger partial charge on any atom is -0.340 e. The molecule has 1 aromatic carbocycles. The van der Waals surface area contributed by atoms with E-state index < -0.39 is 11.2 Å². The molecule has 3 heterocycles. The fourth-order valence-corrected chi connectivity index (χ4v) is 4.01. The number of hydrogen-bond donors (Lipinski definition) is 1. The van der Waals surface area contributed by atoms with Gasteiger partial charge in [0.2, 0.25) is 5.95 Å². The number of H-pyrrole nitrogens is 1. The summed E-state index contributed by atoms with van der Waals surface area (Å²) in [4.78, 5) is 49.1. The van der Waals surface area contributed by atoms with Crippen molar-refractivity contribution in [2.75, 3.05) is 37.6 Å². The first-order valence-corrected chi connectivity index (χ1v) is 10.6. The Bertz CT molecular complexity index is 1200. The smallest absolute Gasteiger partial charge is 0.329 e. The van der Waals surface area contributed by atoms with E-state index in [9.17, 15) is 14.4 Å². The number of halogens is 1. The van der Waals surface area contributed by atoms with Crippen LogP contribution in [-0.4, -0.2) is 62.5 Å². The molecule has 0 amide bonds. The number of likely N-dealkylation sites (N-methyl/N-ethyl adjacent to an activating group) is 1. The number of aromatic amines is 1. The van der Waals surface area contributed by atoms with E-state index in [0.717, 1.165) is 37.2 Å². The SMILES string of the molecule is CCN1CCN(c2nc3c(c(=O)[nH]c(=O)n3C)n2CC(=O)c2ccc(Br)cc2)CC1. The molecule has 0 spiro atoms. The quantitative estimate of drug-likeness (QED) is 0.558. The van der Waals surface area contributed by atoms with Gasteiger partial charge in [-0.2, -0.15) is 4.98 Å². The average Bonchev–Trinajstić information content (AvgIpc) is 3.12. The molecule has 1 N–H and O–H groups in total. The van der Waals surface area contributed by atoms with Crippen LogP contribution in [0.4, 0.5) is 5.95 Å². The van der Waals surface area contributed by atoms with E-state index in [1.807, 2.05) is 0 Å².